The molecule has 4 rings (SSSR count). The predicted octanol–water partition coefficient (Wildman–Crippen LogP) is 4.97. The van der Waals surface area contributed by atoms with Crippen molar-refractivity contribution in [2.24, 2.45) is 0 Å². The van der Waals surface area contributed by atoms with Gasteiger partial charge in [-0.1, -0.05) is 23.7 Å². The van der Waals surface area contributed by atoms with Gasteiger partial charge in [0.2, 0.25) is 10.0 Å². The van der Waals surface area contributed by atoms with E-state index in [1.165, 1.54) is 23.5 Å². The molecule has 1 fully saturated rings. The topological polar surface area (TPSA) is 108 Å². The first-order valence-corrected chi connectivity index (χ1v) is 12.1. The summed E-state index contributed by atoms with van der Waals surface area (Å²) in [6.45, 7) is 0. The fraction of sp³-hybridized carbons (Fsp3) is 0.222. The molecule has 0 radical (unpaired) electrons. The molecule has 3 aromatic rings. The number of hydrogen-bond donors (Lipinski definition) is 3. The van der Waals surface area contributed by atoms with E-state index in [0.29, 0.717) is 17.7 Å². The van der Waals surface area contributed by atoms with Crippen LogP contribution in [0.3, 0.4) is 0 Å². The van der Waals surface area contributed by atoms with Gasteiger partial charge in [-0.05, 0) is 58.4 Å². The highest BCUT2D eigenvalue weighted by atomic mass is 79.9. The van der Waals surface area contributed by atoms with Crippen LogP contribution < -0.4 is 10.0 Å². The lowest BCUT2D eigenvalue weighted by atomic mass is 10.1. The molecule has 29 heavy (non-hydrogen) atoms. The van der Waals surface area contributed by atoms with Crippen LogP contribution in [-0.2, 0) is 10.0 Å². The molecular formula is C18H15BrClN3O4S2. The Morgan fingerprint density at radius 3 is 2.72 bits per heavy atom. The molecule has 2 heterocycles. The quantitative estimate of drug-likeness (QED) is 0.428. The van der Waals surface area contributed by atoms with E-state index in [1.807, 2.05) is 24.3 Å². The molecule has 0 saturated heterocycles. The number of carbonyl (C=O) groups is 1. The van der Waals surface area contributed by atoms with Crippen molar-refractivity contribution in [2.45, 2.75) is 24.1 Å². The molecular weight excluding hydrogens is 502 g/mol. The monoisotopic (exact) mass is 515 g/mol. The number of hydrogen-bond acceptors (Lipinski definition) is 5. The number of nitrogens with zero attached hydrogens (tertiary/aromatic N) is 1. The van der Waals surface area contributed by atoms with Crippen LogP contribution in [0, 0.1) is 0 Å². The largest absolute Gasteiger partial charge is 0.465 e. The molecule has 152 valence electrons. The maximum atomic E-state index is 12.7. The average molecular weight is 517 g/mol. The van der Waals surface area contributed by atoms with Crippen LogP contribution in [-0.4, -0.2) is 29.9 Å². The van der Waals surface area contributed by atoms with E-state index in [1.54, 1.807) is 0 Å². The zero-order valence-corrected chi connectivity index (χ0v) is 18.7. The standard InChI is InChI=1S/C18H15BrClN3O4S2/c19-11-3-1-2-9-8-13(28-17(9)11)16(23-29(26,27)10-4-5-10)15-12(20)6-7-14(21-15)22-18(24)25/h1-3,6-8,10,16,23H,4-5H2,(H,21,22)(H,24,25). The number of pyridine rings is 1. The molecule has 0 spiro atoms. The maximum absolute atomic E-state index is 12.7. The number of amides is 1. The summed E-state index contributed by atoms with van der Waals surface area (Å²) in [5.74, 6) is 0.0646. The second kappa shape index (κ2) is 7.84. The van der Waals surface area contributed by atoms with Crippen molar-refractivity contribution < 1.29 is 18.3 Å². The maximum Gasteiger partial charge on any atom is 0.410 e. The zero-order valence-electron chi connectivity index (χ0n) is 14.7. The minimum Gasteiger partial charge on any atom is -0.465 e. The Morgan fingerprint density at radius 1 is 1.31 bits per heavy atom. The molecule has 2 aromatic heterocycles. The van der Waals surface area contributed by atoms with Gasteiger partial charge >= 0.3 is 6.09 Å². The van der Waals surface area contributed by atoms with E-state index in [4.69, 9.17) is 16.7 Å². The summed E-state index contributed by atoms with van der Waals surface area (Å²) in [7, 11) is -3.57. The third kappa shape index (κ3) is 4.41. The molecule has 1 aromatic carbocycles. The van der Waals surface area contributed by atoms with Crippen molar-refractivity contribution >= 4 is 70.9 Å². The molecule has 3 N–H and O–H groups in total. The van der Waals surface area contributed by atoms with Gasteiger partial charge in [-0.25, -0.2) is 22.9 Å². The number of nitrogens with one attached hydrogen (secondary N) is 2. The first-order valence-electron chi connectivity index (χ1n) is 8.60. The van der Waals surface area contributed by atoms with Gasteiger partial charge in [0.25, 0.3) is 0 Å². The molecule has 1 aliphatic rings. The second-order valence-corrected chi connectivity index (χ2v) is 10.9. The van der Waals surface area contributed by atoms with Gasteiger partial charge in [-0.15, -0.1) is 11.3 Å². The van der Waals surface area contributed by atoms with E-state index in [2.05, 4.69) is 31.0 Å². The molecule has 1 aliphatic carbocycles. The first kappa shape index (κ1) is 20.5. The Kier molecular flexibility index (Phi) is 5.56. The number of anilines is 1. The summed E-state index contributed by atoms with van der Waals surface area (Å²) in [6, 6.07) is 9.71. The third-order valence-electron chi connectivity index (χ3n) is 4.43. The summed E-state index contributed by atoms with van der Waals surface area (Å²) in [5.41, 5.74) is 0.241. The summed E-state index contributed by atoms with van der Waals surface area (Å²) in [5, 5.41) is 11.9. The zero-order chi connectivity index (χ0) is 20.8. The number of fused-ring (bicyclic) bond motifs is 1. The summed E-state index contributed by atoms with van der Waals surface area (Å²) >= 11 is 11.3. The Balaban J connectivity index is 1.84. The summed E-state index contributed by atoms with van der Waals surface area (Å²) in [6.07, 6.45) is -0.0458. The number of rotatable bonds is 6. The highest BCUT2D eigenvalue weighted by molar-refractivity contribution is 9.10. The molecule has 7 nitrogen and oxygen atoms in total. The molecule has 1 amide bonds. The fourth-order valence-corrected chi connectivity index (χ4v) is 6.47. The normalized spacial score (nSPS) is 15.4. The first-order chi connectivity index (χ1) is 13.7. The number of aromatic nitrogens is 1. The van der Waals surface area contributed by atoms with E-state index in [0.717, 1.165) is 14.6 Å². The van der Waals surface area contributed by atoms with Crippen molar-refractivity contribution in [1.29, 1.82) is 0 Å². The second-order valence-electron chi connectivity index (χ2n) is 6.60. The van der Waals surface area contributed by atoms with E-state index < -0.39 is 27.4 Å². The molecule has 1 atom stereocenters. The van der Waals surface area contributed by atoms with E-state index in [-0.39, 0.29) is 16.5 Å². The van der Waals surface area contributed by atoms with Crippen molar-refractivity contribution in [1.82, 2.24) is 9.71 Å². The Hall–Kier alpha value is -1.72. The predicted molar refractivity (Wildman–Crippen MR) is 117 cm³/mol. The van der Waals surface area contributed by atoms with Gasteiger partial charge in [0.15, 0.2) is 0 Å². The number of carboxylic acid groups (broad SMARTS) is 1. The van der Waals surface area contributed by atoms with Crippen molar-refractivity contribution in [3.63, 3.8) is 0 Å². The van der Waals surface area contributed by atoms with Crippen molar-refractivity contribution in [3.8, 4) is 0 Å². The van der Waals surface area contributed by atoms with E-state index >= 15 is 0 Å². The van der Waals surface area contributed by atoms with Gasteiger partial charge in [0.1, 0.15) is 5.82 Å². The van der Waals surface area contributed by atoms with Crippen LogP contribution in [0.5, 0.6) is 0 Å². The number of thiophene rings is 1. The molecule has 1 saturated carbocycles. The number of halogens is 2. The lowest BCUT2D eigenvalue weighted by Crippen LogP contribution is -2.32. The highest BCUT2D eigenvalue weighted by Gasteiger charge is 2.38. The van der Waals surface area contributed by atoms with Crippen LogP contribution in [0.2, 0.25) is 5.02 Å². The lowest BCUT2D eigenvalue weighted by molar-refractivity contribution is 0.209. The Bertz CT molecular complexity index is 1210. The average Bonchev–Trinajstić information content (AvgIpc) is 3.42. The molecule has 0 bridgehead atoms. The lowest BCUT2D eigenvalue weighted by Gasteiger charge is -2.19. The highest BCUT2D eigenvalue weighted by Crippen LogP contribution is 2.40. The third-order valence-corrected chi connectivity index (χ3v) is 8.83. The number of sulfonamides is 1. The van der Waals surface area contributed by atoms with Crippen LogP contribution in [0.1, 0.15) is 29.5 Å². The summed E-state index contributed by atoms with van der Waals surface area (Å²) < 4.78 is 30.0. The van der Waals surface area contributed by atoms with E-state index in [9.17, 15) is 13.2 Å². The SMILES string of the molecule is O=C(O)Nc1ccc(Cl)c(C(NS(=O)(=O)C2CC2)c2cc3cccc(Br)c3s2)n1. The minimum atomic E-state index is -3.57. The minimum absolute atomic E-state index is 0.0646. The van der Waals surface area contributed by atoms with Crippen LogP contribution in [0.4, 0.5) is 10.6 Å². The van der Waals surface area contributed by atoms with Gasteiger partial charge in [0.05, 0.1) is 22.0 Å². The van der Waals surface area contributed by atoms with Gasteiger partial charge in [-0.2, -0.15) is 0 Å². The Morgan fingerprint density at radius 2 is 2.07 bits per heavy atom. The van der Waals surface area contributed by atoms with Gasteiger partial charge in [0, 0.05) is 14.0 Å². The fourth-order valence-electron chi connectivity index (χ4n) is 2.92. The Labute approximate surface area is 184 Å². The number of benzene rings is 1. The van der Waals surface area contributed by atoms with Crippen molar-refractivity contribution in [3.05, 3.63) is 56.5 Å². The molecule has 11 heteroatoms. The summed E-state index contributed by atoms with van der Waals surface area (Å²) in [4.78, 5) is 16.0. The van der Waals surface area contributed by atoms with Crippen LogP contribution in [0.15, 0.2) is 40.9 Å². The van der Waals surface area contributed by atoms with Crippen molar-refractivity contribution in [2.75, 3.05) is 5.32 Å². The molecule has 1 unspecified atom stereocenters. The molecule has 0 aliphatic heterocycles. The van der Waals surface area contributed by atoms with Crippen LogP contribution >= 0.6 is 38.9 Å². The smallest absolute Gasteiger partial charge is 0.410 e. The van der Waals surface area contributed by atoms with Gasteiger partial charge < -0.3 is 5.11 Å². The van der Waals surface area contributed by atoms with Gasteiger partial charge in [-0.3, -0.25) is 5.32 Å². The van der Waals surface area contributed by atoms with Crippen LogP contribution in [0.25, 0.3) is 10.1 Å².